The largest absolute Gasteiger partial charge is 0.310 e. The van der Waals surface area contributed by atoms with E-state index in [1.54, 1.807) is 13.1 Å². The summed E-state index contributed by atoms with van der Waals surface area (Å²) in [6.45, 7) is 1.82. The molecule has 1 aliphatic rings. The Morgan fingerprint density at radius 2 is 2.07 bits per heavy atom. The van der Waals surface area contributed by atoms with Crippen molar-refractivity contribution >= 4 is 23.3 Å². The average Bonchev–Trinajstić information content (AvgIpc) is 3.40. The normalized spacial score (nSPS) is 18.1. The third kappa shape index (κ3) is 3.64. The zero-order valence-electron chi connectivity index (χ0n) is 15.1. The predicted octanol–water partition coefficient (Wildman–Crippen LogP) is 4.91. The van der Waals surface area contributed by atoms with Gasteiger partial charge in [-0.25, -0.2) is 13.5 Å². The Morgan fingerprint density at radius 1 is 1.29 bits per heavy atom. The van der Waals surface area contributed by atoms with Gasteiger partial charge in [-0.1, -0.05) is 29.8 Å². The lowest BCUT2D eigenvalue weighted by molar-refractivity contribution is -0.117. The molecule has 1 aromatic heterocycles. The molecule has 1 heterocycles. The van der Waals surface area contributed by atoms with Gasteiger partial charge in [-0.2, -0.15) is 5.10 Å². The molecule has 0 spiro atoms. The Hall–Kier alpha value is -2.73. The van der Waals surface area contributed by atoms with E-state index in [2.05, 4.69) is 10.4 Å². The van der Waals surface area contributed by atoms with Gasteiger partial charge in [0.25, 0.3) is 0 Å². The van der Waals surface area contributed by atoms with Crippen LogP contribution in [0.15, 0.2) is 48.7 Å². The van der Waals surface area contributed by atoms with Crippen molar-refractivity contribution in [3.05, 3.63) is 82.0 Å². The molecule has 144 valence electrons. The van der Waals surface area contributed by atoms with Gasteiger partial charge >= 0.3 is 0 Å². The lowest BCUT2D eigenvalue weighted by atomic mass is 10.1. The van der Waals surface area contributed by atoms with Crippen molar-refractivity contribution in [1.82, 2.24) is 9.78 Å². The smallest absolute Gasteiger partial charge is 0.229 e. The molecule has 1 N–H and O–H groups in total. The quantitative estimate of drug-likeness (QED) is 0.660. The topological polar surface area (TPSA) is 46.9 Å². The third-order valence-electron chi connectivity index (χ3n) is 5.02. The second-order valence-corrected chi connectivity index (χ2v) is 7.44. The van der Waals surface area contributed by atoms with Crippen molar-refractivity contribution in [2.45, 2.75) is 25.8 Å². The summed E-state index contributed by atoms with van der Waals surface area (Å²) in [5.74, 6) is -0.771. The maximum Gasteiger partial charge on any atom is 0.229 e. The van der Waals surface area contributed by atoms with Crippen LogP contribution in [0.3, 0.4) is 0 Å². The van der Waals surface area contributed by atoms with Crippen LogP contribution in [0.5, 0.6) is 0 Å². The third-order valence-corrected chi connectivity index (χ3v) is 5.37. The zero-order chi connectivity index (χ0) is 19.8. The highest BCUT2D eigenvalue weighted by Crippen LogP contribution is 2.50. The molecular weight excluding hydrogens is 384 g/mol. The molecule has 0 saturated heterocycles. The summed E-state index contributed by atoms with van der Waals surface area (Å²) < 4.78 is 28.9. The Bertz CT molecular complexity index is 1050. The molecule has 2 aromatic carbocycles. The molecule has 0 aliphatic heterocycles. The average molecular weight is 402 g/mol. The minimum absolute atomic E-state index is 0.0195. The molecule has 28 heavy (non-hydrogen) atoms. The van der Waals surface area contributed by atoms with Crippen molar-refractivity contribution in [2.75, 3.05) is 5.32 Å². The maximum absolute atomic E-state index is 14.0. The van der Waals surface area contributed by atoms with Gasteiger partial charge in [-0.15, -0.1) is 0 Å². The number of benzene rings is 2. The minimum Gasteiger partial charge on any atom is -0.310 e. The summed E-state index contributed by atoms with van der Waals surface area (Å²) in [5, 5.41) is 7.75. The molecule has 3 aromatic rings. The number of anilines is 1. The van der Waals surface area contributed by atoms with Gasteiger partial charge in [0.2, 0.25) is 5.91 Å². The Balaban J connectivity index is 1.50. The highest BCUT2D eigenvalue weighted by Gasteiger charge is 2.45. The van der Waals surface area contributed by atoms with Gasteiger partial charge in [0.05, 0.1) is 12.7 Å². The highest BCUT2D eigenvalue weighted by molar-refractivity contribution is 6.31. The van der Waals surface area contributed by atoms with Crippen LogP contribution in [0.25, 0.3) is 0 Å². The van der Waals surface area contributed by atoms with Gasteiger partial charge in [-0.3, -0.25) is 4.79 Å². The molecule has 4 rings (SSSR count). The Kier molecular flexibility index (Phi) is 4.89. The fraction of sp³-hybridized carbons (Fsp3) is 0.238. The van der Waals surface area contributed by atoms with E-state index in [9.17, 15) is 13.6 Å². The van der Waals surface area contributed by atoms with Crippen LogP contribution in [0.4, 0.5) is 14.6 Å². The summed E-state index contributed by atoms with van der Waals surface area (Å²) in [7, 11) is 0. The van der Waals surface area contributed by atoms with Crippen molar-refractivity contribution in [3.8, 4) is 0 Å². The predicted molar refractivity (Wildman–Crippen MR) is 103 cm³/mol. The second kappa shape index (κ2) is 7.36. The second-order valence-electron chi connectivity index (χ2n) is 7.03. The van der Waals surface area contributed by atoms with Crippen LogP contribution < -0.4 is 5.32 Å². The number of nitrogens with one attached hydrogen (secondary N) is 1. The number of hydrogen-bond donors (Lipinski definition) is 1. The number of carbonyl (C=O) groups excluding carboxylic acids is 1. The van der Waals surface area contributed by atoms with Crippen molar-refractivity contribution in [1.29, 1.82) is 0 Å². The molecule has 1 saturated carbocycles. The van der Waals surface area contributed by atoms with E-state index in [1.165, 1.54) is 4.68 Å². The molecule has 7 heteroatoms. The zero-order valence-corrected chi connectivity index (χ0v) is 15.9. The number of aryl methyl sites for hydroxylation is 1. The first-order valence-corrected chi connectivity index (χ1v) is 9.33. The summed E-state index contributed by atoms with van der Waals surface area (Å²) in [5.41, 5.74) is 1.88. The summed E-state index contributed by atoms with van der Waals surface area (Å²) in [6, 6.07) is 10.8. The first kappa shape index (κ1) is 18.6. The standard InChI is InChI=1S/C21H18ClF2N3O/c1-12-10-25-27(11-13-8-14(23)6-7-19(13)24)20(12)26-21(28)17-9-16(17)15-4-2-3-5-18(15)22/h2-8,10,16-17H,9,11H2,1H3,(H,26,28). The molecule has 1 fully saturated rings. The number of amides is 1. The van der Waals surface area contributed by atoms with Gasteiger partial charge in [0, 0.05) is 22.1 Å². The first-order valence-electron chi connectivity index (χ1n) is 8.95. The number of carbonyl (C=O) groups is 1. The fourth-order valence-corrected chi connectivity index (χ4v) is 3.68. The lowest BCUT2D eigenvalue weighted by Gasteiger charge is -2.11. The Labute approximate surface area is 166 Å². The van der Waals surface area contributed by atoms with Gasteiger partial charge in [-0.05, 0) is 49.1 Å². The van der Waals surface area contributed by atoms with E-state index in [-0.39, 0.29) is 29.9 Å². The molecule has 2 unspecified atom stereocenters. The highest BCUT2D eigenvalue weighted by atomic mass is 35.5. The van der Waals surface area contributed by atoms with Gasteiger partial charge in [0.1, 0.15) is 17.5 Å². The first-order chi connectivity index (χ1) is 13.4. The van der Waals surface area contributed by atoms with E-state index in [0.29, 0.717) is 10.8 Å². The molecule has 1 amide bonds. The number of aromatic nitrogens is 2. The maximum atomic E-state index is 14.0. The molecule has 2 atom stereocenters. The van der Waals surface area contributed by atoms with Crippen molar-refractivity contribution in [3.63, 3.8) is 0 Å². The molecule has 1 aliphatic carbocycles. The summed E-state index contributed by atoms with van der Waals surface area (Å²) in [6.07, 6.45) is 2.31. The minimum atomic E-state index is -0.522. The van der Waals surface area contributed by atoms with Gasteiger partial charge in [0.15, 0.2) is 0 Å². The monoisotopic (exact) mass is 401 g/mol. The van der Waals surface area contributed by atoms with Crippen LogP contribution in [-0.4, -0.2) is 15.7 Å². The van der Waals surface area contributed by atoms with E-state index in [4.69, 9.17) is 11.6 Å². The SMILES string of the molecule is Cc1cnn(Cc2cc(F)ccc2F)c1NC(=O)C1CC1c1ccccc1Cl. The van der Waals surface area contributed by atoms with Crippen molar-refractivity contribution in [2.24, 2.45) is 5.92 Å². The van der Waals surface area contributed by atoms with Crippen molar-refractivity contribution < 1.29 is 13.6 Å². The van der Waals surface area contributed by atoms with Crippen LogP contribution in [-0.2, 0) is 11.3 Å². The Morgan fingerprint density at radius 3 is 2.86 bits per heavy atom. The molecule has 4 nitrogen and oxygen atoms in total. The van der Waals surface area contributed by atoms with Crippen LogP contribution in [0.2, 0.25) is 5.02 Å². The van der Waals surface area contributed by atoms with E-state index in [0.717, 1.165) is 35.7 Å². The van der Waals surface area contributed by atoms with E-state index in [1.807, 2.05) is 24.3 Å². The fourth-order valence-electron chi connectivity index (χ4n) is 3.40. The summed E-state index contributed by atoms with van der Waals surface area (Å²) >= 11 is 6.23. The molecule has 0 radical (unpaired) electrons. The van der Waals surface area contributed by atoms with Crippen LogP contribution in [0.1, 0.15) is 29.0 Å². The lowest BCUT2D eigenvalue weighted by Crippen LogP contribution is -2.19. The number of rotatable bonds is 5. The van der Waals surface area contributed by atoms with Crippen LogP contribution in [0, 0.1) is 24.5 Å². The van der Waals surface area contributed by atoms with Crippen LogP contribution >= 0.6 is 11.6 Å². The number of hydrogen-bond acceptors (Lipinski definition) is 2. The van der Waals surface area contributed by atoms with E-state index < -0.39 is 11.6 Å². The molecular formula is C21H18ClF2N3O. The van der Waals surface area contributed by atoms with E-state index >= 15 is 0 Å². The number of nitrogens with zero attached hydrogens (tertiary/aromatic N) is 2. The molecule has 0 bridgehead atoms. The number of halogens is 3. The summed E-state index contributed by atoms with van der Waals surface area (Å²) in [4.78, 5) is 12.7. The van der Waals surface area contributed by atoms with Gasteiger partial charge < -0.3 is 5.32 Å².